The van der Waals surface area contributed by atoms with E-state index in [1.54, 1.807) is 17.2 Å². The summed E-state index contributed by atoms with van der Waals surface area (Å²) in [4.78, 5) is 28.4. The zero-order valence-electron chi connectivity index (χ0n) is 33.5. The lowest BCUT2D eigenvalue weighted by molar-refractivity contribution is -0.162. The molecule has 1 aromatic rings. The largest absolute Gasteiger partial charge is 0.444 e. The van der Waals surface area contributed by atoms with Gasteiger partial charge in [-0.2, -0.15) is 0 Å². The number of carbonyl (C=O) groups is 2. The Bertz CT molecular complexity index is 1520. The van der Waals surface area contributed by atoms with E-state index in [2.05, 4.69) is 35.8 Å². The second-order valence-electron chi connectivity index (χ2n) is 16.7. The number of alkyl halides is 2. The number of nitrogens with zero attached hydrogens (tertiary/aromatic N) is 2. The summed E-state index contributed by atoms with van der Waals surface area (Å²) in [5.41, 5.74) is -0.684. The Labute approximate surface area is 329 Å². The first-order valence-electron chi connectivity index (χ1n) is 21.1. The Morgan fingerprint density at radius 3 is 1.65 bits per heavy atom. The van der Waals surface area contributed by atoms with Crippen LogP contribution >= 0.6 is 0 Å². The molecule has 300 valence electrons. The van der Waals surface area contributed by atoms with E-state index in [4.69, 9.17) is 4.74 Å². The summed E-state index contributed by atoms with van der Waals surface area (Å²) in [6.45, 7) is 3.81. The average Bonchev–Trinajstić information content (AvgIpc) is 3.24. The van der Waals surface area contributed by atoms with Gasteiger partial charge in [-0.15, -0.1) is 0 Å². The van der Waals surface area contributed by atoms with Crippen LogP contribution in [0.5, 0.6) is 0 Å². The highest BCUT2D eigenvalue weighted by atomic mass is 19.3. The van der Waals surface area contributed by atoms with Crippen molar-refractivity contribution in [3.63, 3.8) is 0 Å². The molecule has 3 atom stereocenters. The minimum atomic E-state index is -3.05. The third-order valence-electron chi connectivity index (χ3n) is 12.5. The van der Waals surface area contributed by atoms with Gasteiger partial charge in [0.05, 0.1) is 12.1 Å². The molecule has 1 N–H and O–H groups in total. The number of nitrogens with one attached hydrogen (secondary N) is 1. The van der Waals surface area contributed by atoms with Crippen LogP contribution in [0.25, 0.3) is 0 Å². The lowest BCUT2D eigenvalue weighted by atomic mass is 9.80. The van der Waals surface area contributed by atoms with Gasteiger partial charge in [0.2, 0.25) is 5.91 Å². The number of carbonyl (C=O) groups excluding carboxylic acids is 2. The minimum Gasteiger partial charge on any atom is -0.444 e. The molecule has 1 aromatic carbocycles. The van der Waals surface area contributed by atoms with Crippen LogP contribution in [0.4, 0.5) is 13.6 Å². The van der Waals surface area contributed by atoms with E-state index in [1.807, 2.05) is 60.8 Å². The first kappa shape index (κ1) is 42.2. The summed E-state index contributed by atoms with van der Waals surface area (Å²) in [5.74, 6) is -1.72. The van der Waals surface area contributed by atoms with Crippen molar-refractivity contribution in [3.8, 4) is 0 Å². The maximum atomic E-state index is 13.8. The highest BCUT2D eigenvalue weighted by Gasteiger charge is 2.51. The molecule has 55 heavy (non-hydrogen) atoms. The summed E-state index contributed by atoms with van der Waals surface area (Å²) >= 11 is 0. The molecule has 0 aromatic heterocycles. The highest BCUT2D eigenvalue weighted by Crippen LogP contribution is 2.40. The van der Waals surface area contributed by atoms with Crippen LogP contribution in [0.3, 0.4) is 0 Å². The molecular formula is C47H65F2N3O3. The van der Waals surface area contributed by atoms with E-state index >= 15 is 0 Å². The van der Waals surface area contributed by atoms with Crippen molar-refractivity contribution in [2.24, 2.45) is 23.2 Å². The van der Waals surface area contributed by atoms with Crippen LogP contribution in [-0.4, -0.2) is 45.8 Å². The first-order chi connectivity index (χ1) is 26.6. The molecule has 0 spiro atoms. The van der Waals surface area contributed by atoms with Crippen molar-refractivity contribution in [2.45, 2.75) is 148 Å². The molecule has 2 amide bonds. The fourth-order valence-electron chi connectivity index (χ4n) is 8.68. The predicted molar refractivity (Wildman–Crippen MR) is 219 cm³/mol. The molecule has 6 aliphatic rings. The van der Waals surface area contributed by atoms with Crippen LogP contribution in [0.2, 0.25) is 0 Å². The van der Waals surface area contributed by atoms with Crippen LogP contribution < -0.4 is 5.32 Å². The van der Waals surface area contributed by atoms with Gasteiger partial charge in [-0.1, -0.05) is 125 Å². The lowest BCUT2D eigenvalue weighted by Gasteiger charge is -2.41. The number of amides is 2. The third-order valence-corrected chi connectivity index (χ3v) is 12.5. The molecule has 3 unspecified atom stereocenters. The van der Waals surface area contributed by atoms with Gasteiger partial charge in [-0.3, -0.25) is 9.69 Å². The van der Waals surface area contributed by atoms with E-state index in [0.29, 0.717) is 24.5 Å². The van der Waals surface area contributed by atoms with Crippen molar-refractivity contribution < 1.29 is 23.1 Å². The number of benzene rings is 1. The van der Waals surface area contributed by atoms with Gasteiger partial charge in [-0.05, 0) is 100 Å². The van der Waals surface area contributed by atoms with Crippen LogP contribution in [0.15, 0.2) is 104 Å². The SMILES string of the molecule is C1=CNC(C2CCCCC2)C=C1.CC(F)(F)C(C)(C)C(=O)N1C=CC=CC1C1CCCCC1.O=C(OCc1ccccc1)N1C=CC=CC1C1CCCCC1. The number of ether oxygens (including phenoxy) is 1. The van der Waals surface area contributed by atoms with E-state index in [-0.39, 0.29) is 18.2 Å². The fourth-order valence-corrected chi connectivity index (χ4v) is 8.68. The fraction of sp³-hybridized carbons (Fsp3) is 0.574. The predicted octanol–water partition coefficient (Wildman–Crippen LogP) is 11.8. The van der Waals surface area contributed by atoms with Crippen LogP contribution in [-0.2, 0) is 16.1 Å². The summed E-state index contributed by atoms with van der Waals surface area (Å²) in [7, 11) is 0. The molecule has 0 radical (unpaired) electrons. The Morgan fingerprint density at radius 1 is 0.655 bits per heavy atom. The van der Waals surface area contributed by atoms with Crippen molar-refractivity contribution in [3.05, 3.63) is 109 Å². The molecular weight excluding hydrogens is 693 g/mol. The summed E-state index contributed by atoms with van der Waals surface area (Å²) in [6, 6.07) is 10.5. The van der Waals surface area contributed by atoms with E-state index in [0.717, 1.165) is 44.1 Å². The Hall–Kier alpha value is -3.94. The minimum absolute atomic E-state index is 0.0792. The quantitative estimate of drug-likeness (QED) is 0.301. The summed E-state index contributed by atoms with van der Waals surface area (Å²) < 4.78 is 33.1. The zero-order chi connectivity index (χ0) is 39.1. The van der Waals surface area contributed by atoms with Crippen molar-refractivity contribution >= 4 is 12.0 Å². The van der Waals surface area contributed by atoms with Crippen molar-refractivity contribution in [1.29, 1.82) is 0 Å². The average molecular weight is 758 g/mol. The second-order valence-corrected chi connectivity index (χ2v) is 16.7. The van der Waals surface area contributed by atoms with Gasteiger partial charge in [0.1, 0.15) is 12.0 Å². The van der Waals surface area contributed by atoms with Gasteiger partial charge >= 0.3 is 6.09 Å². The molecule has 3 aliphatic heterocycles. The summed E-state index contributed by atoms with van der Waals surface area (Å²) in [6.07, 6.45) is 42.7. The smallest absolute Gasteiger partial charge is 0.414 e. The number of rotatable bonds is 7. The molecule has 3 fully saturated rings. The Kier molecular flexibility index (Phi) is 16.0. The third kappa shape index (κ3) is 12.0. The maximum Gasteiger partial charge on any atom is 0.414 e. The highest BCUT2D eigenvalue weighted by molar-refractivity contribution is 5.84. The molecule has 3 aliphatic carbocycles. The number of allylic oxidation sites excluding steroid dienone is 6. The summed E-state index contributed by atoms with van der Waals surface area (Å²) in [5, 5.41) is 3.42. The van der Waals surface area contributed by atoms with Crippen LogP contribution in [0, 0.1) is 23.2 Å². The number of hydrogen-bond acceptors (Lipinski definition) is 4. The topological polar surface area (TPSA) is 61.9 Å². The van der Waals surface area contributed by atoms with Gasteiger partial charge < -0.3 is 15.0 Å². The molecule has 8 heteroatoms. The number of hydrogen-bond donors (Lipinski definition) is 1. The lowest BCUT2D eigenvalue weighted by Crippen LogP contribution is -2.52. The number of dihydropyridines is 1. The number of halogens is 2. The Balaban J connectivity index is 0.000000165. The van der Waals surface area contributed by atoms with Gasteiger partial charge in [-0.25, -0.2) is 13.6 Å². The second kappa shape index (κ2) is 20.8. The van der Waals surface area contributed by atoms with E-state index < -0.39 is 17.2 Å². The molecule has 0 bridgehead atoms. The van der Waals surface area contributed by atoms with Crippen molar-refractivity contribution in [1.82, 2.24) is 15.1 Å². The first-order valence-corrected chi connectivity index (χ1v) is 21.1. The maximum absolute atomic E-state index is 13.8. The molecule has 6 nitrogen and oxygen atoms in total. The van der Waals surface area contributed by atoms with E-state index in [1.165, 1.54) is 89.4 Å². The standard InChI is InChI=1S/C19H23NO2.C17H25F2NO.C11H17N/c21-19(22-15-16-9-3-1-4-10-16)20-14-8-7-13-18(20)17-11-5-2-6-12-17;1-16(2,17(3,18)19)15(21)20-12-8-7-11-14(20)13-9-5-4-6-10-13;1-2-6-10(7-3-1)11-8-4-5-9-12-11/h1,3-4,7-10,13-14,17-18H,2,5-6,11-12,15H2;7-8,11-14H,4-6,9-10H2,1-3H3;4-5,8-12H,1-3,6-7H2. The molecule has 3 heterocycles. The van der Waals surface area contributed by atoms with Crippen molar-refractivity contribution in [2.75, 3.05) is 0 Å². The zero-order valence-corrected chi connectivity index (χ0v) is 33.5. The van der Waals surface area contributed by atoms with Gasteiger partial charge in [0.25, 0.3) is 5.92 Å². The van der Waals surface area contributed by atoms with Gasteiger partial charge in [0, 0.05) is 25.4 Å². The normalized spacial score (nSPS) is 24.6. The van der Waals surface area contributed by atoms with Gasteiger partial charge in [0.15, 0.2) is 0 Å². The van der Waals surface area contributed by atoms with Crippen LogP contribution in [0.1, 0.15) is 123 Å². The Morgan fingerprint density at radius 2 is 1.15 bits per heavy atom. The van der Waals surface area contributed by atoms with E-state index in [9.17, 15) is 18.4 Å². The monoisotopic (exact) mass is 757 g/mol. The molecule has 7 rings (SSSR count). The molecule has 3 saturated carbocycles. The molecule has 0 saturated heterocycles.